The predicted molar refractivity (Wildman–Crippen MR) is 71.6 cm³/mol. The monoisotopic (exact) mass is 264 g/mol. The summed E-state index contributed by atoms with van der Waals surface area (Å²) in [4.78, 5) is 11.3. The summed E-state index contributed by atoms with van der Waals surface area (Å²) in [6, 6.07) is 6.04. The van der Waals surface area contributed by atoms with Crippen molar-refractivity contribution in [1.29, 1.82) is 0 Å². The minimum atomic E-state index is -0.448. The Bertz CT molecular complexity index is 442. The molecule has 0 saturated carbocycles. The number of carbonyl (C=O) groups is 1. The fourth-order valence-electron chi connectivity index (χ4n) is 2.32. The van der Waals surface area contributed by atoms with Crippen LogP contribution in [0.1, 0.15) is 24.0 Å². The summed E-state index contributed by atoms with van der Waals surface area (Å²) in [5.41, 5.74) is 4.33. The number of nitrogens with two attached hydrogens (primary N) is 1. The molecule has 0 aliphatic carbocycles. The zero-order valence-corrected chi connectivity index (χ0v) is 11.3. The van der Waals surface area contributed by atoms with Gasteiger partial charge in [-0.1, -0.05) is 18.2 Å². The molecule has 0 aromatic heterocycles. The summed E-state index contributed by atoms with van der Waals surface area (Å²) in [5, 5.41) is 0. The molecule has 3 N–H and O–H groups in total. The summed E-state index contributed by atoms with van der Waals surface area (Å²) < 4.78 is 11.4. The van der Waals surface area contributed by atoms with Crippen LogP contribution in [0.3, 0.4) is 0 Å². The van der Waals surface area contributed by atoms with Crippen LogP contribution >= 0.6 is 0 Å². The van der Waals surface area contributed by atoms with E-state index in [4.69, 9.17) is 15.3 Å². The number of para-hydroxylation sites is 1. The smallest absolute Gasteiger partial charge is 0.263 e. The Morgan fingerprint density at radius 1 is 1.42 bits per heavy atom. The van der Waals surface area contributed by atoms with Crippen molar-refractivity contribution in [2.45, 2.75) is 38.9 Å². The summed E-state index contributed by atoms with van der Waals surface area (Å²) in [5.74, 6) is 5.72. The molecule has 2 atom stereocenters. The first-order valence-electron chi connectivity index (χ1n) is 6.46. The van der Waals surface area contributed by atoms with Crippen LogP contribution in [0, 0.1) is 13.8 Å². The molecular formula is C14H20N2O3. The zero-order chi connectivity index (χ0) is 13.8. The van der Waals surface area contributed by atoms with Crippen LogP contribution in [-0.4, -0.2) is 24.7 Å². The standard InChI is InChI=1S/C14H20N2O3/c1-9-4-3-5-10(2)13(9)18-8-11-6-7-12(19-11)14(17)16-15/h3-5,11-12H,6-8,15H2,1-2H3,(H,16,17). The van der Waals surface area contributed by atoms with Gasteiger partial charge in [-0.3, -0.25) is 10.2 Å². The molecule has 1 fully saturated rings. The Balaban J connectivity index is 1.89. The summed E-state index contributed by atoms with van der Waals surface area (Å²) in [6.45, 7) is 4.49. The van der Waals surface area contributed by atoms with E-state index >= 15 is 0 Å². The van der Waals surface area contributed by atoms with Gasteiger partial charge in [0.05, 0.1) is 6.10 Å². The average Bonchev–Trinajstić information content (AvgIpc) is 2.86. The molecule has 1 aromatic carbocycles. The van der Waals surface area contributed by atoms with E-state index in [1.807, 2.05) is 32.0 Å². The number of rotatable bonds is 4. The molecule has 19 heavy (non-hydrogen) atoms. The van der Waals surface area contributed by atoms with Gasteiger partial charge in [-0.05, 0) is 37.8 Å². The van der Waals surface area contributed by atoms with Gasteiger partial charge >= 0.3 is 0 Å². The van der Waals surface area contributed by atoms with Gasteiger partial charge in [0.2, 0.25) is 0 Å². The number of hydrazine groups is 1. The van der Waals surface area contributed by atoms with Gasteiger partial charge in [-0.15, -0.1) is 0 Å². The highest BCUT2D eigenvalue weighted by atomic mass is 16.5. The first kappa shape index (κ1) is 13.8. The molecule has 2 rings (SSSR count). The lowest BCUT2D eigenvalue weighted by Gasteiger charge is -2.16. The topological polar surface area (TPSA) is 73.6 Å². The van der Waals surface area contributed by atoms with Gasteiger partial charge in [0, 0.05) is 0 Å². The van der Waals surface area contributed by atoms with Crippen molar-refractivity contribution in [2.24, 2.45) is 5.84 Å². The maximum atomic E-state index is 11.3. The van der Waals surface area contributed by atoms with E-state index in [0.717, 1.165) is 23.3 Å². The lowest BCUT2D eigenvalue weighted by molar-refractivity contribution is -0.132. The molecule has 5 heteroatoms. The van der Waals surface area contributed by atoms with E-state index in [1.54, 1.807) is 0 Å². The minimum Gasteiger partial charge on any atom is -0.490 e. The fraction of sp³-hybridized carbons (Fsp3) is 0.500. The number of ether oxygens (including phenoxy) is 2. The summed E-state index contributed by atoms with van der Waals surface area (Å²) in [7, 11) is 0. The molecule has 1 aliphatic rings. The number of hydrogen-bond donors (Lipinski definition) is 2. The van der Waals surface area contributed by atoms with Gasteiger partial charge in [-0.2, -0.15) is 0 Å². The number of hydrogen-bond acceptors (Lipinski definition) is 4. The van der Waals surface area contributed by atoms with Crippen LogP contribution in [0.4, 0.5) is 0 Å². The Kier molecular flexibility index (Phi) is 4.39. The fourth-order valence-corrected chi connectivity index (χ4v) is 2.32. The van der Waals surface area contributed by atoms with E-state index in [0.29, 0.717) is 13.0 Å². The molecule has 5 nitrogen and oxygen atoms in total. The van der Waals surface area contributed by atoms with Gasteiger partial charge in [0.1, 0.15) is 18.5 Å². The van der Waals surface area contributed by atoms with Crippen molar-refractivity contribution in [3.05, 3.63) is 29.3 Å². The molecule has 1 saturated heterocycles. The maximum absolute atomic E-state index is 11.3. The van der Waals surface area contributed by atoms with Gasteiger partial charge in [0.25, 0.3) is 5.91 Å². The highest BCUT2D eigenvalue weighted by Crippen LogP contribution is 2.25. The van der Waals surface area contributed by atoms with Crippen LogP contribution < -0.4 is 16.0 Å². The first-order chi connectivity index (χ1) is 9.11. The minimum absolute atomic E-state index is 0.0543. The Hall–Kier alpha value is -1.59. The Morgan fingerprint density at radius 2 is 2.11 bits per heavy atom. The third-order valence-corrected chi connectivity index (χ3v) is 3.36. The molecular weight excluding hydrogens is 244 g/mol. The predicted octanol–water partition coefficient (Wildman–Crippen LogP) is 1.22. The Morgan fingerprint density at radius 3 is 2.74 bits per heavy atom. The van der Waals surface area contributed by atoms with Crippen molar-refractivity contribution >= 4 is 5.91 Å². The number of nitrogens with one attached hydrogen (secondary N) is 1. The molecule has 0 bridgehead atoms. The second-order valence-electron chi connectivity index (χ2n) is 4.86. The van der Waals surface area contributed by atoms with Crippen molar-refractivity contribution in [3.8, 4) is 5.75 Å². The molecule has 0 spiro atoms. The van der Waals surface area contributed by atoms with Crippen molar-refractivity contribution in [2.75, 3.05) is 6.61 Å². The number of aryl methyl sites for hydroxylation is 2. The molecule has 0 radical (unpaired) electrons. The van der Waals surface area contributed by atoms with Gasteiger partial charge in [0.15, 0.2) is 0 Å². The molecule has 1 amide bonds. The van der Waals surface area contributed by atoms with Crippen LogP contribution in [-0.2, 0) is 9.53 Å². The van der Waals surface area contributed by atoms with Crippen LogP contribution in [0.5, 0.6) is 5.75 Å². The molecule has 1 aliphatic heterocycles. The molecule has 1 aromatic rings. The SMILES string of the molecule is Cc1cccc(C)c1OCC1CCC(C(=O)NN)O1. The average molecular weight is 264 g/mol. The molecule has 104 valence electrons. The molecule has 2 unspecified atom stereocenters. The highest BCUT2D eigenvalue weighted by molar-refractivity contribution is 5.80. The number of benzene rings is 1. The van der Waals surface area contributed by atoms with Crippen molar-refractivity contribution < 1.29 is 14.3 Å². The number of amides is 1. The van der Waals surface area contributed by atoms with Crippen LogP contribution in [0.15, 0.2) is 18.2 Å². The summed E-state index contributed by atoms with van der Waals surface area (Å²) >= 11 is 0. The largest absolute Gasteiger partial charge is 0.490 e. The lowest BCUT2D eigenvalue weighted by atomic mass is 10.1. The third kappa shape index (κ3) is 3.24. The first-order valence-corrected chi connectivity index (χ1v) is 6.46. The van der Waals surface area contributed by atoms with Crippen molar-refractivity contribution in [1.82, 2.24) is 5.43 Å². The molecule has 1 heterocycles. The van der Waals surface area contributed by atoms with E-state index in [9.17, 15) is 4.79 Å². The van der Waals surface area contributed by atoms with E-state index < -0.39 is 6.10 Å². The van der Waals surface area contributed by atoms with Crippen molar-refractivity contribution in [3.63, 3.8) is 0 Å². The lowest BCUT2D eigenvalue weighted by Crippen LogP contribution is -2.39. The second-order valence-corrected chi connectivity index (χ2v) is 4.86. The summed E-state index contributed by atoms with van der Waals surface area (Å²) in [6.07, 6.45) is 0.991. The zero-order valence-electron chi connectivity index (χ0n) is 11.3. The highest BCUT2D eigenvalue weighted by Gasteiger charge is 2.30. The third-order valence-electron chi connectivity index (χ3n) is 3.36. The normalized spacial score (nSPS) is 22.3. The quantitative estimate of drug-likeness (QED) is 0.487. The van der Waals surface area contributed by atoms with Gasteiger partial charge < -0.3 is 9.47 Å². The van der Waals surface area contributed by atoms with Crippen LogP contribution in [0.25, 0.3) is 0 Å². The second kappa shape index (κ2) is 6.04. The Labute approximate surface area is 113 Å². The van der Waals surface area contributed by atoms with Crippen LogP contribution in [0.2, 0.25) is 0 Å². The van der Waals surface area contributed by atoms with Gasteiger partial charge in [-0.25, -0.2) is 5.84 Å². The van der Waals surface area contributed by atoms with E-state index in [-0.39, 0.29) is 12.0 Å². The van der Waals surface area contributed by atoms with E-state index in [2.05, 4.69) is 5.43 Å². The maximum Gasteiger partial charge on any atom is 0.263 e. The number of carbonyl (C=O) groups excluding carboxylic acids is 1. The van der Waals surface area contributed by atoms with E-state index in [1.165, 1.54) is 0 Å².